The minimum Gasteiger partial charge on any atom is -0.507 e. The molecule has 0 saturated heterocycles. The summed E-state index contributed by atoms with van der Waals surface area (Å²) >= 11 is 3.18. The first-order valence-electron chi connectivity index (χ1n) is 4.27. The molecule has 0 spiro atoms. The van der Waals surface area contributed by atoms with E-state index in [2.05, 4.69) is 25.6 Å². The normalized spacial score (nSPS) is 10.3. The largest absolute Gasteiger partial charge is 0.507 e. The minimum absolute atomic E-state index is 0.0531. The lowest BCUT2D eigenvalue weighted by Gasteiger charge is -2.01. The Bertz CT molecular complexity index is 550. The van der Waals surface area contributed by atoms with Crippen molar-refractivity contribution in [3.05, 3.63) is 34.5 Å². The van der Waals surface area contributed by atoms with Gasteiger partial charge in [0.1, 0.15) is 11.4 Å². The minimum atomic E-state index is -1.19. The lowest BCUT2D eigenvalue weighted by molar-refractivity contribution is 0.0652. The van der Waals surface area contributed by atoms with E-state index in [1.807, 2.05) is 0 Å². The van der Waals surface area contributed by atoms with Crippen molar-refractivity contribution in [3.63, 3.8) is 0 Å². The van der Waals surface area contributed by atoms with Gasteiger partial charge in [0.15, 0.2) is 0 Å². The molecule has 0 aliphatic carbocycles. The summed E-state index contributed by atoms with van der Waals surface area (Å²) in [7, 11) is 0. The molecule has 0 atom stereocenters. The number of aromatic nitrogens is 1. The fraction of sp³-hybridized carbons (Fsp3) is 0. The molecule has 0 bridgehead atoms. The Hall–Kier alpha value is -1.82. The molecule has 0 aliphatic rings. The van der Waals surface area contributed by atoms with Gasteiger partial charge in [-0.2, -0.15) is 0 Å². The zero-order valence-electron chi connectivity index (χ0n) is 7.85. The van der Waals surface area contributed by atoms with E-state index >= 15 is 0 Å². The number of halogens is 1. The van der Waals surface area contributed by atoms with E-state index in [1.54, 1.807) is 12.1 Å². The number of carboxylic acids is 1. The average molecular weight is 284 g/mol. The van der Waals surface area contributed by atoms with Gasteiger partial charge in [-0.15, -0.1) is 0 Å². The molecule has 0 unspecified atom stereocenters. The molecular formula is C10H6BrNO4. The second-order valence-electron chi connectivity index (χ2n) is 3.02. The fourth-order valence-corrected chi connectivity index (χ4v) is 1.69. The quantitative estimate of drug-likeness (QED) is 0.885. The third kappa shape index (κ3) is 1.79. The molecular weight excluding hydrogens is 278 g/mol. The van der Waals surface area contributed by atoms with Crippen molar-refractivity contribution in [2.45, 2.75) is 0 Å². The first-order valence-corrected chi connectivity index (χ1v) is 5.06. The third-order valence-electron chi connectivity index (χ3n) is 1.98. The number of hydrogen-bond acceptors (Lipinski definition) is 4. The zero-order chi connectivity index (χ0) is 11.7. The maximum atomic E-state index is 10.6. The van der Waals surface area contributed by atoms with Crippen LogP contribution < -0.4 is 0 Å². The summed E-state index contributed by atoms with van der Waals surface area (Å²) in [4.78, 5) is 10.6. The highest BCUT2D eigenvalue weighted by molar-refractivity contribution is 9.10. The summed E-state index contributed by atoms with van der Waals surface area (Å²) in [5.74, 6) is -1.38. The van der Waals surface area contributed by atoms with Crippen molar-refractivity contribution in [2.24, 2.45) is 0 Å². The van der Waals surface area contributed by atoms with E-state index in [-0.39, 0.29) is 11.5 Å². The third-order valence-corrected chi connectivity index (χ3v) is 2.81. The van der Waals surface area contributed by atoms with Crippen molar-refractivity contribution in [3.8, 4) is 17.0 Å². The Morgan fingerprint density at radius 2 is 2.19 bits per heavy atom. The molecule has 0 radical (unpaired) electrons. The molecule has 2 rings (SSSR count). The highest BCUT2D eigenvalue weighted by Crippen LogP contribution is 2.34. The van der Waals surface area contributed by atoms with E-state index in [4.69, 9.17) is 5.11 Å². The van der Waals surface area contributed by atoms with Crippen LogP contribution in [0, 0.1) is 0 Å². The molecule has 0 saturated carbocycles. The van der Waals surface area contributed by atoms with Crippen LogP contribution in [0.2, 0.25) is 0 Å². The molecule has 1 heterocycles. The number of benzene rings is 1. The van der Waals surface area contributed by atoms with Crippen LogP contribution in [0.5, 0.6) is 5.75 Å². The summed E-state index contributed by atoms with van der Waals surface area (Å²) in [5.41, 5.74) is 0.913. The van der Waals surface area contributed by atoms with Gasteiger partial charge in [0.25, 0.3) is 0 Å². The SMILES string of the molecule is O=C(O)c1cc(-c2cccc(O)c2Br)no1. The van der Waals surface area contributed by atoms with E-state index in [0.717, 1.165) is 0 Å². The summed E-state index contributed by atoms with van der Waals surface area (Å²) in [6.07, 6.45) is 0. The van der Waals surface area contributed by atoms with Gasteiger partial charge >= 0.3 is 5.97 Å². The van der Waals surface area contributed by atoms with E-state index in [9.17, 15) is 9.90 Å². The van der Waals surface area contributed by atoms with Gasteiger partial charge in [0.05, 0.1) is 4.47 Å². The van der Waals surface area contributed by atoms with Crippen LogP contribution in [0.3, 0.4) is 0 Å². The van der Waals surface area contributed by atoms with Crippen LogP contribution in [0.1, 0.15) is 10.6 Å². The molecule has 6 heteroatoms. The highest BCUT2D eigenvalue weighted by Gasteiger charge is 2.15. The van der Waals surface area contributed by atoms with Crippen molar-refractivity contribution in [1.82, 2.24) is 5.16 Å². The summed E-state index contributed by atoms with van der Waals surface area (Å²) in [5, 5.41) is 21.7. The van der Waals surface area contributed by atoms with Gasteiger partial charge < -0.3 is 14.7 Å². The fourth-order valence-electron chi connectivity index (χ4n) is 1.22. The van der Waals surface area contributed by atoms with E-state index in [1.165, 1.54) is 12.1 Å². The van der Waals surface area contributed by atoms with Crippen molar-refractivity contribution < 1.29 is 19.5 Å². The monoisotopic (exact) mass is 283 g/mol. The molecule has 2 N–H and O–H groups in total. The Morgan fingerprint density at radius 1 is 1.44 bits per heavy atom. The number of nitrogens with zero attached hydrogens (tertiary/aromatic N) is 1. The predicted octanol–water partition coefficient (Wildman–Crippen LogP) is 2.51. The van der Waals surface area contributed by atoms with Gasteiger partial charge in [-0.3, -0.25) is 0 Å². The maximum absolute atomic E-state index is 10.6. The number of phenolic OH excluding ortho intramolecular Hbond substituents is 1. The highest BCUT2D eigenvalue weighted by atomic mass is 79.9. The molecule has 1 aromatic heterocycles. The molecule has 16 heavy (non-hydrogen) atoms. The summed E-state index contributed by atoms with van der Waals surface area (Å²) in [6.45, 7) is 0. The summed E-state index contributed by atoms with van der Waals surface area (Å²) < 4.78 is 5.07. The Labute approximate surface area is 98.4 Å². The van der Waals surface area contributed by atoms with E-state index in [0.29, 0.717) is 15.7 Å². The number of phenols is 1. The van der Waals surface area contributed by atoms with Gasteiger partial charge in [-0.25, -0.2) is 4.79 Å². The molecule has 0 fully saturated rings. The Morgan fingerprint density at radius 3 is 2.81 bits per heavy atom. The second kappa shape index (κ2) is 3.97. The Kier molecular flexibility index (Phi) is 2.66. The first kappa shape index (κ1) is 10.7. The Balaban J connectivity index is 2.50. The standard InChI is InChI=1S/C10H6BrNO4/c11-9-5(2-1-3-7(9)13)6-4-8(10(14)15)16-12-6/h1-4,13H,(H,14,15). The van der Waals surface area contributed by atoms with Crippen LogP contribution in [-0.2, 0) is 0 Å². The summed E-state index contributed by atoms with van der Waals surface area (Å²) in [6, 6.07) is 6.12. The van der Waals surface area contributed by atoms with Crippen LogP contribution >= 0.6 is 15.9 Å². The number of aromatic carboxylic acids is 1. The number of aromatic hydroxyl groups is 1. The maximum Gasteiger partial charge on any atom is 0.374 e. The number of rotatable bonds is 2. The van der Waals surface area contributed by atoms with Gasteiger partial charge in [-0.1, -0.05) is 17.3 Å². The molecule has 82 valence electrons. The molecule has 0 aliphatic heterocycles. The molecule has 1 aromatic carbocycles. The lowest BCUT2D eigenvalue weighted by atomic mass is 10.1. The topological polar surface area (TPSA) is 83.6 Å². The molecule has 2 aromatic rings. The first-order chi connectivity index (χ1) is 7.59. The predicted molar refractivity (Wildman–Crippen MR) is 58.3 cm³/mol. The van der Waals surface area contributed by atoms with Crippen molar-refractivity contribution in [2.75, 3.05) is 0 Å². The number of hydrogen-bond donors (Lipinski definition) is 2. The lowest BCUT2D eigenvalue weighted by Crippen LogP contribution is -1.91. The second-order valence-corrected chi connectivity index (χ2v) is 3.81. The van der Waals surface area contributed by atoms with Gasteiger partial charge in [0, 0.05) is 11.6 Å². The van der Waals surface area contributed by atoms with Gasteiger partial charge in [0.2, 0.25) is 5.76 Å². The van der Waals surface area contributed by atoms with Crippen molar-refractivity contribution >= 4 is 21.9 Å². The van der Waals surface area contributed by atoms with Gasteiger partial charge in [-0.05, 0) is 22.0 Å². The van der Waals surface area contributed by atoms with E-state index < -0.39 is 5.97 Å². The van der Waals surface area contributed by atoms with Crippen LogP contribution in [0.15, 0.2) is 33.3 Å². The molecule has 5 nitrogen and oxygen atoms in total. The van der Waals surface area contributed by atoms with Crippen LogP contribution in [0.4, 0.5) is 0 Å². The molecule has 0 amide bonds. The zero-order valence-corrected chi connectivity index (χ0v) is 9.43. The van der Waals surface area contributed by atoms with Crippen LogP contribution in [-0.4, -0.2) is 21.3 Å². The number of carboxylic acid groups (broad SMARTS) is 1. The average Bonchev–Trinajstić information content (AvgIpc) is 2.71. The number of carbonyl (C=O) groups is 1. The van der Waals surface area contributed by atoms with Crippen molar-refractivity contribution in [1.29, 1.82) is 0 Å². The smallest absolute Gasteiger partial charge is 0.374 e. The van der Waals surface area contributed by atoms with Crippen LogP contribution in [0.25, 0.3) is 11.3 Å².